The highest BCUT2D eigenvalue weighted by atomic mass is 32.2. The average Bonchev–Trinajstić information content (AvgIpc) is 2.83. The molecule has 0 radical (unpaired) electrons. The Hall–Kier alpha value is -3.03. The van der Waals surface area contributed by atoms with Gasteiger partial charge in [0, 0.05) is 40.7 Å². The predicted octanol–water partition coefficient (Wildman–Crippen LogP) is 6.31. The van der Waals surface area contributed by atoms with Gasteiger partial charge in [-0.1, -0.05) is 36.4 Å². The third-order valence-corrected chi connectivity index (χ3v) is 9.28. The third-order valence-electron chi connectivity index (χ3n) is 5.53. The maximum atomic E-state index is 13.9. The van der Waals surface area contributed by atoms with E-state index in [9.17, 15) is 14.1 Å². The van der Waals surface area contributed by atoms with Gasteiger partial charge in [0.1, 0.15) is 0 Å². The summed E-state index contributed by atoms with van der Waals surface area (Å²) < 4.78 is 17.3. The lowest BCUT2D eigenvalue weighted by Gasteiger charge is -2.14. The van der Waals surface area contributed by atoms with Crippen LogP contribution in [-0.4, -0.2) is 4.55 Å². The van der Waals surface area contributed by atoms with Gasteiger partial charge in [0.05, 0.1) is 10.8 Å². The van der Waals surface area contributed by atoms with Gasteiger partial charge >= 0.3 is 0 Å². The van der Waals surface area contributed by atoms with Gasteiger partial charge in [0.25, 0.3) is 0 Å². The molecular formula is C26H14O3S3. The molecule has 0 unspecified atom stereocenters. The van der Waals surface area contributed by atoms with Crippen molar-refractivity contribution in [2.24, 2.45) is 0 Å². The summed E-state index contributed by atoms with van der Waals surface area (Å²) in [6.07, 6.45) is 0. The highest BCUT2D eigenvalue weighted by molar-refractivity contribution is 7.92. The molecule has 0 aliphatic carbocycles. The lowest BCUT2D eigenvalue weighted by molar-refractivity contribution is 0.596. The molecule has 0 aliphatic heterocycles. The molecule has 2 heterocycles. The van der Waals surface area contributed by atoms with Gasteiger partial charge < -0.3 is 4.55 Å². The normalized spacial score (nSPS) is 11.8. The second-order valence-corrected chi connectivity index (χ2v) is 11.0. The Labute approximate surface area is 193 Å². The molecule has 6 rings (SSSR count). The summed E-state index contributed by atoms with van der Waals surface area (Å²) in [5.41, 5.74) is -0.261. The summed E-state index contributed by atoms with van der Waals surface area (Å²) in [7, 11) is 0. The van der Waals surface area contributed by atoms with E-state index in [4.69, 9.17) is 0 Å². The summed E-state index contributed by atoms with van der Waals surface area (Å²) in [6, 6.07) is 25.8. The lowest BCUT2D eigenvalue weighted by atomic mass is 10.2. The fourth-order valence-electron chi connectivity index (χ4n) is 4.06. The highest BCUT2D eigenvalue weighted by Gasteiger charge is 2.25. The van der Waals surface area contributed by atoms with Crippen LogP contribution in [0.4, 0.5) is 0 Å². The summed E-state index contributed by atoms with van der Waals surface area (Å²) >= 11 is 1.32. The fourth-order valence-corrected chi connectivity index (χ4v) is 7.82. The summed E-state index contributed by atoms with van der Waals surface area (Å²) in [5, 5.41) is 2.15. The van der Waals surface area contributed by atoms with Crippen LogP contribution in [0.3, 0.4) is 0 Å². The van der Waals surface area contributed by atoms with Crippen molar-refractivity contribution in [3.05, 3.63) is 105 Å². The van der Waals surface area contributed by atoms with Gasteiger partial charge in [0.15, 0.2) is 9.79 Å². The first-order valence-electron chi connectivity index (χ1n) is 9.94. The zero-order chi connectivity index (χ0) is 21.8. The molecule has 0 spiro atoms. The van der Waals surface area contributed by atoms with Crippen LogP contribution in [0.2, 0.25) is 0 Å². The summed E-state index contributed by atoms with van der Waals surface area (Å²) in [5.74, 6) is 0. The molecule has 4 aromatic carbocycles. The molecule has 0 saturated carbocycles. The van der Waals surface area contributed by atoms with E-state index in [0.29, 0.717) is 31.3 Å². The van der Waals surface area contributed by atoms with Crippen LogP contribution in [0.5, 0.6) is 0 Å². The Kier molecular flexibility index (Phi) is 4.62. The number of hydrogen-bond donors (Lipinski definition) is 0. The SMILES string of the molecule is O=c1c2ccccc2sc2cccc([S+]([O-])c3cccc4sc5ccccc5c(=O)c34)c12. The van der Waals surface area contributed by atoms with Gasteiger partial charge in [-0.05, 0) is 48.5 Å². The second-order valence-electron chi connectivity index (χ2n) is 7.38. The fraction of sp³-hybridized carbons (Fsp3) is 0. The van der Waals surface area contributed by atoms with E-state index in [1.54, 1.807) is 24.3 Å². The molecule has 6 aromatic rings. The van der Waals surface area contributed by atoms with Gasteiger partial charge in [0.2, 0.25) is 10.9 Å². The molecule has 154 valence electrons. The van der Waals surface area contributed by atoms with Crippen molar-refractivity contribution >= 4 is 74.2 Å². The third kappa shape index (κ3) is 2.92. The van der Waals surface area contributed by atoms with Crippen molar-refractivity contribution in [3.8, 4) is 0 Å². The highest BCUT2D eigenvalue weighted by Crippen LogP contribution is 2.35. The Balaban J connectivity index is 1.67. The molecule has 0 aliphatic rings. The molecule has 0 fully saturated rings. The number of fused-ring (bicyclic) bond motifs is 4. The smallest absolute Gasteiger partial charge is 0.200 e. The minimum atomic E-state index is -1.69. The number of benzene rings is 4. The van der Waals surface area contributed by atoms with Crippen molar-refractivity contribution in [2.75, 3.05) is 0 Å². The zero-order valence-corrected chi connectivity index (χ0v) is 19.0. The Morgan fingerprint density at radius 3 is 1.41 bits per heavy atom. The Bertz CT molecular complexity index is 1670. The Morgan fingerprint density at radius 2 is 0.938 bits per heavy atom. The van der Waals surface area contributed by atoms with E-state index in [1.807, 2.05) is 60.7 Å². The maximum absolute atomic E-state index is 13.9. The quantitative estimate of drug-likeness (QED) is 0.220. The van der Waals surface area contributed by atoms with Gasteiger partial charge in [-0.15, -0.1) is 22.7 Å². The minimum Gasteiger partial charge on any atom is -0.606 e. The maximum Gasteiger partial charge on any atom is 0.200 e. The van der Waals surface area contributed by atoms with E-state index < -0.39 is 11.2 Å². The van der Waals surface area contributed by atoms with Crippen LogP contribution in [0.15, 0.2) is 104 Å². The van der Waals surface area contributed by atoms with E-state index >= 15 is 0 Å². The monoisotopic (exact) mass is 470 g/mol. The molecule has 0 bridgehead atoms. The largest absolute Gasteiger partial charge is 0.606 e. The number of rotatable bonds is 2. The first-order chi connectivity index (χ1) is 15.6. The molecular weight excluding hydrogens is 456 g/mol. The van der Waals surface area contributed by atoms with Gasteiger partial charge in [-0.2, -0.15) is 0 Å². The molecule has 0 N–H and O–H groups in total. The van der Waals surface area contributed by atoms with Crippen LogP contribution >= 0.6 is 22.7 Å². The standard InChI is InChI=1S/C26H14O3S3/c27-25-15-7-1-3-9-17(15)30-19-11-5-13-21(23(19)25)32(29)22-14-6-12-20-24(22)26(28)16-8-2-4-10-18(16)31-20/h1-14H. The molecule has 3 nitrogen and oxygen atoms in total. The van der Waals surface area contributed by atoms with Crippen molar-refractivity contribution in [2.45, 2.75) is 9.79 Å². The topological polar surface area (TPSA) is 57.2 Å². The van der Waals surface area contributed by atoms with E-state index in [1.165, 1.54) is 22.7 Å². The molecule has 6 heteroatoms. The molecule has 0 saturated heterocycles. The molecule has 0 amide bonds. The van der Waals surface area contributed by atoms with Gasteiger partial charge in [-0.3, -0.25) is 9.59 Å². The van der Waals surface area contributed by atoms with Crippen LogP contribution in [-0.2, 0) is 11.2 Å². The van der Waals surface area contributed by atoms with Crippen molar-refractivity contribution in [1.29, 1.82) is 0 Å². The van der Waals surface area contributed by atoms with Crippen LogP contribution in [0.1, 0.15) is 0 Å². The molecule has 0 atom stereocenters. The van der Waals surface area contributed by atoms with E-state index in [0.717, 1.165) is 18.8 Å². The van der Waals surface area contributed by atoms with E-state index in [-0.39, 0.29) is 10.9 Å². The average molecular weight is 471 g/mol. The van der Waals surface area contributed by atoms with Gasteiger partial charge in [-0.25, -0.2) is 0 Å². The van der Waals surface area contributed by atoms with Crippen molar-refractivity contribution < 1.29 is 4.55 Å². The zero-order valence-electron chi connectivity index (χ0n) is 16.5. The first-order valence-corrected chi connectivity index (χ1v) is 12.7. The first kappa shape index (κ1) is 19.6. The molecule has 2 aromatic heterocycles. The number of hydrogen-bond acceptors (Lipinski definition) is 5. The van der Waals surface area contributed by atoms with Crippen molar-refractivity contribution in [1.82, 2.24) is 0 Å². The lowest BCUT2D eigenvalue weighted by Crippen LogP contribution is -2.12. The minimum absolute atomic E-state index is 0.130. The van der Waals surface area contributed by atoms with Crippen LogP contribution < -0.4 is 10.9 Å². The van der Waals surface area contributed by atoms with Crippen LogP contribution in [0.25, 0.3) is 40.3 Å². The summed E-state index contributed by atoms with van der Waals surface area (Å²) in [4.78, 5) is 27.6. The van der Waals surface area contributed by atoms with Crippen molar-refractivity contribution in [3.63, 3.8) is 0 Å². The van der Waals surface area contributed by atoms with Crippen LogP contribution in [0, 0.1) is 0 Å². The second kappa shape index (κ2) is 7.53. The van der Waals surface area contributed by atoms with E-state index in [2.05, 4.69) is 0 Å². The molecule has 32 heavy (non-hydrogen) atoms. The Morgan fingerprint density at radius 1 is 0.531 bits per heavy atom. The summed E-state index contributed by atoms with van der Waals surface area (Å²) in [6.45, 7) is 0. The predicted molar refractivity (Wildman–Crippen MR) is 136 cm³/mol.